The third-order valence-electron chi connectivity index (χ3n) is 2.97. The molecule has 0 saturated carbocycles. The van der Waals surface area contributed by atoms with Crippen molar-refractivity contribution in [2.24, 2.45) is 0 Å². The molecule has 2 aromatic rings. The smallest absolute Gasteiger partial charge is 0.258 e. The van der Waals surface area contributed by atoms with Crippen LogP contribution in [0.4, 0.5) is 14.5 Å². The summed E-state index contributed by atoms with van der Waals surface area (Å²) in [6, 6.07) is 9.63. The first-order valence-electron chi connectivity index (χ1n) is 6.39. The van der Waals surface area contributed by atoms with Gasteiger partial charge in [-0.1, -0.05) is 23.7 Å². The highest BCUT2D eigenvalue weighted by molar-refractivity contribution is 7.98. The van der Waals surface area contributed by atoms with Gasteiger partial charge in [0.1, 0.15) is 0 Å². The lowest BCUT2D eigenvalue weighted by atomic mass is 10.2. The molecule has 0 aliphatic carbocycles. The van der Waals surface area contributed by atoms with Crippen molar-refractivity contribution < 1.29 is 22.1 Å². The van der Waals surface area contributed by atoms with Gasteiger partial charge in [0.2, 0.25) is 9.84 Å². The van der Waals surface area contributed by atoms with E-state index in [2.05, 4.69) is 0 Å². The topological polar surface area (TPSA) is 77.3 Å². The molecule has 0 amide bonds. The van der Waals surface area contributed by atoms with Gasteiger partial charge in [0.25, 0.3) is 5.69 Å². The number of nitro benzene ring substituents is 1. The Morgan fingerprint density at radius 2 is 1.92 bits per heavy atom. The van der Waals surface area contributed by atoms with Crippen LogP contribution in [0.5, 0.6) is 0 Å². The third kappa shape index (κ3) is 4.22. The van der Waals surface area contributed by atoms with Gasteiger partial charge in [0, 0.05) is 16.8 Å². The molecule has 0 spiro atoms. The first kappa shape index (κ1) is 18.6. The number of thioether (sulfide) groups is 1. The molecule has 24 heavy (non-hydrogen) atoms. The number of nitrogens with zero attached hydrogens (tertiary/aromatic N) is 1. The number of alkyl halides is 2. The molecule has 2 rings (SSSR count). The first-order valence-corrected chi connectivity index (χ1v) is 9.30. The Bertz CT molecular complexity index is 875. The Balaban J connectivity index is 2.32. The summed E-state index contributed by atoms with van der Waals surface area (Å²) in [7, 11) is -4.89. The largest absolute Gasteiger partial charge is 0.341 e. The summed E-state index contributed by atoms with van der Waals surface area (Å²) in [5, 5.41) is 11.6. The van der Waals surface area contributed by atoms with Crippen LogP contribution in [0.1, 0.15) is 5.56 Å². The molecule has 0 aromatic heterocycles. The SMILES string of the molecule is O=[N+]([O-])c1cc(S(=O)(=O)C(F)F)ccc1SCc1cccc(Cl)c1. The molecule has 10 heteroatoms. The fraction of sp³-hybridized carbons (Fsp3) is 0.143. The number of rotatable bonds is 6. The summed E-state index contributed by atoms with van der Waals surface area (Å²) in [5.41, 5.74) is 0.273. The van der Waals surface area contributed by atoms with Crippen LogP contribution < -0.4 is 0 Å². The second-order valence-corrected chi connectivity index (χ2v) is 7.98. The van der Waals surface area contributed by atoms with Crippen LogP contribution in [0.2, 0.25) is 5.02 Å². The Morgan fingerprint density at radius 3 is 2.50 bits per heavy atom. The lowest BCUT2D eigenvalue weighted by molar-refractivity contribution is -0.388. The van der Waals surface area contributed by atoms with E-state index < -0.39 is 31.1 Å². The Morgan fingerprint density at radius 1 is 1.21 bits per heavy atom. The second kappa shape index (κ2) is 7.45. The van der Waals surface area contributed by atoms with Gasteiger partial charge in [-0.05, 0) is 29.8 Å². The molecule has 2 aromatic carbocycles. The van der Waals surface area contributed by atoms with Crippen molar-refractivity contribution in [1.29, 1.82) is 0 Å². The van der Waals surface area contributed by atoms with Gasteiger partial charge in [0.05, 0.1) is 14.7 Å². The van der Waals surface area contributed by atoms with Crippen molar-refractivity contribution in [3.8, 4) is 0 Å². The zero-order chi connectivity index (χ0) is 17.9. The second-order valence-electron chi connectivity index (χ2n) is 4.61. The molecule has 0 aliphatic heterocycles. The van der Waals surface area contributed by atoms with Gasteiger partial charge in [-0.3, -0.25) is 10.1 Å². The van der Waals surface area contributed by atoms with Crippen LogP contribution in [0.25, 0.3) is 0 Å². The summed E-state index contributed by atoms with van der Waals surface area (Å²) in [6.45, 7) is 0. The van der Waals surface area contributed by atoms with Gasteiger partial charge >= 0.3 is 5.76 Å². The van der Waals surface area contributed by atoms with Crippen molar-refractivity contribution in [1.82, 2.24) is 0 Å². The van der Waals surface area contributed by atoms with Crippen LogP contribution in [0, 0.1) is 10.1 Å². The standard InChI is InChI=1S/C14H10ClF2NO4S2/c15-10-3-1-2-9(6-10)8-23-13-5-4-11(7-12(13)18(19)20)24(21,22)14(16)17/h1-7,14H,8H2. The molecule has 0 atom stereocenters. The van der Waals surface area contributed by atoms with Crippen LogP contribution in [0.15, 0.2) is 52.3 Å². The predicted molar refractivity (Wildman–Crippen MR) is 87.3 cm³/mol. The highest BCUT2D eigenvalue weighted by atomic mass is 35.5. The van der Waals surface area contributed by atoms with Crippen molar-refractivity contribution in [2.45, 2.75) is 21.3 Å². The van der Waals surface area contributed by atoms with Gasteiger partial charge in [-0.15, -0.1) is 11.8 Å². The monoisotopic (exact) mass is 393 g/mol. The van der Waals surface area contributed by atoms with Gasteiger partial charge in [-0.25, -0.2) is 8.42 Å². The fourth-order valence-electron chi connectivity index (χ4n) is 1.83. The van der Waals surface area contributed by atoms with Gasteiger partial charge in [0.15, 0.2) is 0 Å². The van der Waals surface area contributed by atoms with Crippen LogP contribution >= 0.6 is 23.4 Å². The lowest BCUT2D eigenvalue weighted by Crippen LogP contribution is -2.11. The average molecular weight is 394 g/mol. The number of halogens is 3. The van der Waals surface area contributed by atoms with E-state index in [4.69, 9.17) is 11.6 Å². The van der Waals surface area contributed by atoms with Crippen molar-refractivity contribution in [2.75, 3.05) is 0 Å². The number of nitro groups is 1. The van der Waals surface area contributed by atoms with Crippen LogP contribution in [-0.2, 0) is 15.6 Å². The number of hydrogen-bond acceptors (Lipinski definition) is 5. The molecular formula is C14H10ClF2NO4S2. The summed E-state index contributed by atoms with van der Waals surface area (Å²) in [6.07, 6.45) is 0. The van der Waals surface area contributed by atoms with E-state index in [9.17, 15) is 27.3 Å². The molecule has 0 unspecified atom stereocenters. The van der Waals surface area contributed by atoms with E-state index in [0.717, 1.165) is 29.5 Å². The van der Waals surface area contributed by atoms with E-state index in [1.807, 2.05) is 0 Å². The first-order chi connectivity index (χ1) is 11.2. The summed E-state index contributed by atoms with van der Waals surface area (Å²) in [5.74, 6) is -3.29. The molecule has 0 aliphatic rings. The molecule has 0 bridgehead atoms. The number of sulfone groups is 1. The molecule has 0 radical (unpaired) electrons. The third-order valence-corrected chi connectivity index (χ3v) is 5.72. The van der Waals surface area contributed by atoms with E-state index in [-0.39, 0.29) is 4.90 Å². The maximum Gasteiger partial charge on any atom is 0.341 e. The highest BCUT2D eigenvalue weighted by Crippen LogP contribution is 2.34. The summed E-state index contributed by atoms with van der Waals surface area (Å²) in [4.78, 5) is 9.72. The molecular weight excluding hydrogens is 384 g/mol. The van der Waals surface area contributed by atoms with E-state index >= 15 is 0 Å². The minimum absolute atomic E-state index is 0.174. The molecule has 5 nitrogen and oxygen atoms in total. The minimum atomic E-state index is -4.89. The summed E-state index contributed by atoms with van der Waals surface area (Å²) >= 11 is 6.94. The van der Waals surface area contributed by atoms with Crippen LogP contribution in [0.3, 0.4) is 0 Å². The average Bonchev–Trinajstić information content (AvgIpc) is 2.52. The zero-order valence-electron chi connectivity index (χ0n) is 11.9. The van der Waals surface area contributed by atoms with Gasteiger partial charge in [-0.2, -0.15) is 8.78 Å². The van der Waals surface area contributed by atoms with E-state index in [1.165, 1.54) is 0 Å². The Labute approximate surface area is 145 Å². The lowest BCUT2D eigenvalue weighted by Gasteiger charge is -2.07. The van der Waals surface area contributed by atoms with Gasteiger partial charge < -0.3 is 0 Å². The minimum Gasteiger partial charge on any atom is -0.258 e. The normalized spacial score (nSPS) is 11.7. The number of hydrogen-bond donors (Lipinski definition) is 0. The Hall–Kier alpha value is -1.71. The zero-order valence-corrected chi connectivity index (χ0v) is 14.2. The highest BCUT2D eigenvalue weighted by Gasteiger charge is 2.29. The van der Waals surface area contributed by atoms with Crippen molar-refractivity contribution >= 4 is 38.9 Å². The van der Waals surface area contributed by atoms with Crippen molar-refractivity contribution in [3.05, 3.63) is 63.2 Å². The van der Waals surface area contributed by atoms with E-state index in [0.29, 0.717) is 16.8 Å². The van der Waals surface area contributed by atoms with Crippen LogP contribution in [-0.4, -0.2) is 19.1 Å². The Kier molecular flexibility index (Phi) is 5.79. The van der Waals surface area contributed by atoms with E-state index in [1.54, 1.807) is 24.3 Å². The summed E-state index contributed by atoms with van der Waals surface area (Å²) < 4.78 is 48.0. The molecule has 0 heterocycles. The molecule has 0 N–H and O–H groups in total. The number of benzene rings is 2. The molecule has 0 fully saturated rings. The maximum absolute atomic E-state index is 12.6. The maximum atomic E-state index is 12.6. The van der Waals surface area contributed by atoms with Crippen molar-refractivity contribution in [3.63, 3.8) is 0 Å². The molecule has 0 saturated heterocycles. The quantitative estimate of drug-likeness (QED) is 0.409. The fourth-order valence-corrected chi connectivity index (χ4v) is 3.73. The molecule has 128 valence electrons. The predicted octanol–water partition coefficient (Wildman–Crippen LogP) is 4.54.